The van der Waals surface area contributed by atoms with Crippen LogP contribution in [0.2, 0.25) is 0 Å². The van der Waals surface area contributed by atoms with Crippen LogP contribution in [0.5, 0.6) is 5.75 Å². The van der Waals surface area contributed by atoms with Gasteiger partial charge in [-0.3, -0.25) is 9.35 Å². The summed E-state index contributed by atoms with van der Waals surface area (Å²) in [6.45, 7) is 0. The lowest BCUT2D eigenvalue weighted by Gasteiger charge is -2.01. The fraction of sp³-hybridized carbons (Fsp3) is 0.125. The summed E-state index contributed by atoms with van der Waals surface area (Å²) in [5, 5.41) is 0. The largest absolute Gasteiger partial charge is 0.380 e. The summed E-state index contributed by atoms with van der Waals surface area (Å²) in [6, 6.07) is 6.19. The predicted molar refractivity (Wildman–Crippen MR) is 50.7 cm³/mol. The van der Waals surface area contributed by atoms with Crippen LogP contribution in [0.25, 0.3) is 0 Å². The molecular weight excluding hydrogens is 206 g/mol. The Balaban J connectivity index is 2.68. The first-order chi connectivity index (χ1) is 6.58. The molecule has 3 N–H and O–H groups in total. The first kappa shape index (κ1) is 10.7. The third-order valence-electron chi connectivity index (χ3n) is 1.47. The minimum Gasteiger partial charge on any atom is -0.380 e. The molecule has 0 radical (unpaired) electrons. The van der Waals surface area contributed by atoms with Crippen molar-refractivity contribution >= 4 is 17.3 Å². The summed E-state index contributed by atoms with van der Waals surface area (Å²) in [7, 11) is 0. The zero-order valence-corrected chi connectivity index (χ0v) is 7.99. The normalized spacial score (nSPS) is 12.1. The van der Waals surface area contributed by atoms with Crippen molar-refractivity contribution in [2.24, 2.45) is 5.73 Å². The van der Waals surface area contributed by atoms with Crippen molar-refractivity contribution in [2.75, 3.05) is 0 Å². The molecule has 0 bridgehead atoms. The van der Waals surface area contributed by atoms with Crippen LogP contribution in [-0.4, -0.2) is 14.7 Å². The number of benzene rings is 1. The molecule has 0 aliphatic rings. The van der Waals surface area contributed by atoms with Crippen LogP contribution in [-0.2, 0) is 22.6 Å². The molecule has 0 fully saturated rings. The molecule has 0 saturated heterocycles. The fourth-order valence-electron chi connectivity index (χ4n) is 0.946. The van der Waals surface area contributed by atoms with E-state index in [1.807, 2.05) is 0 Å². The van der Waals surface area contributed by atoms with E-state index in [0.29, 0.717) is 0 Å². The number of carbonyl (C=O) groups is 1. The van der Waals surface area contributed by atoms with Crippen LogP contribution in [0.3, 0.4) is 0 Å². The molecule has 0 aromatic heterocycles. The van der Waals surface area contributed by atoms with Gasteiger partial charge in [-0.1, -0.05) is 12.1 Å². The van der Waals surface area contributed by atoms with Gasteiger partial charge >= 0.3 is 11.4 Å². The Kier molecular flexibility index (Phi) is 3.61. The Morgan fingerprint density at radius 1 is 1.43 bits per heavy atom. The first-order valence-electron chi connectivity index (χ1n) is 3.74. The fourth-order valence-corrected chi connectivity index (χ4v) is 1.22. The van der Waals surface area contributed by atoms with E-state index in [1.54, 1.807) is 12.1 Å². The zero-order chi connectivity index (χ0) is 10.6. The number of carbonyl (C=O) groups excluding carboxylic acids is 1. The van der Waals surface area contributed by atoms with Crippen molar-refractivity contribution in [3.63, 3.8) is 0 Å². The average Bonchev–Trinajstić information content (AvgIpc) is 2.06. The molecule has 1 amide bonds. The molecule has 5 nitrogen and oxygen atoms in total. The van der Waals surface area contributed by atoms with Gasteiger partial charge in [0.25, 0.3) is 0 Å². The van der Waals surface area contributed by atoms with Crippen molar-refractivity contribution in [2.45, 2.75) is 6.42 Å². The van der Waals surface area contributed by atoms with Crippen molar-refractivity contribution in [1.29, 1.82) is 0 Å². The van der Waals surface area contributed by atoms with E-state index in [9.17, 15) is 9.00 Å². The van der Waals surface area contributed by atoms with Gasteiger partial charge in [0.2, 0.25) is 5.91 Å². The maximum atomic E-state index is 10.5. The standard InChI is InChI=1S/C8H9NO4S/c9-8(10)5-6-1-3-7(4-2-6)13-14(11)12/h1-4H,5H2,(H2,9,10)(H,11,12). The van der Waals surface area contributed by atoms with E-state index >= 15 is 0 Å². The minimum absolute atomic E-state index is 0.141. The minimum atomic E-state index is -2.33. The summed E-state index contributed by atoms with van der Waals surface area (Å²) < 4.78 is 23.1. The van der Waals surface area contributed by atoms with Gasteiger partial charge in [0.1, 0.15) is 5.75 Å². The number of nitrogens with two attached hydrogens (primary N) is 1. The second-order valence-corrected chi connectivity index (χ2v) is 3.19. The summed E-state index contributed by atoms with van der Waals surface area (Å²) in [5.74, 6) is -0.163. The smallest absolute Gasteiger partial charge is 0.357 e. The molecule has 14 heavy (non-hydrogen) atoms. The van der Waals surface area contributed by atoms with Gasteiger partial charge in [-0.25, -0.2) is 0 Å². The first-order valence-corrected chi connectivity index (χ1v) is 4.77. The third kappa shape index (κ3) is 3.55. The molecule has 0 spiro atoms. The van der Waals surface area contributed by atoms with Gasteiger partial charge in [0.05, 0.1) is 6.42 Å². The van der Waals surface area contributed by atoms with Crippen LogP contribution in [0, 0.1) is 0 Å². The molecule has 76 valence electrons. The van der Waals surface area contributed by atoms with Gasteiger partial charge in [0.15, 0.2) is 0 Å². The molecule has 1 aromatic carbocycles. The number of rotatable bonds is 4. The average molecular weight is 215 g/mol. The van der Waals surface area contributed by atoms with Crippen molar-refractivity contribution in [1.82, 2.24) is 0 Å². The van der Waals surface area contributed by atoms with Gasteiger partial charge in [-0.15, -0.1) is 0 Å². The van der Waals surface area contributed by atoms with E-state index in [-0.39, 0.29) is 12.2 Å². The highest BCUT2D eigenvalue weighted by atomic mass is 32.2. The molecular formula is C8H9NO4S. The van der Waals surface area contributed by atoms with E-state index < -0.39 is 17.3 Å². The number of hydrogen-bond donors (Lipinski definition) is 2. The Morgan fingerprint density at radius 2 is 2.00 bits per heavy atom. The Bertz CT molecular complexity index is 314. The molecule has 6 heteroatoms. The van der Waals surface area contributed by atoms with Crippen LogP contribution >= 0.6 is 0 Å². The molecule has 1 rings (SSSR count). The highest BCUT2D eigenvalue weighted by molar-refractivity contribution is 7.74. The van der Waals surface area contributed by atoms with Crippen LogP contribution in [0.15, 0.2) is 24.3 Å². The van der Waals surface area contributed by atoms with Gasteiger partial charge in [-0.05, 0) is 17.7 Å². The molecule has 0 heterocycles. The van der Waals surface area contributed by atoms with Gasteiger partial charge in [0, 0.05) is 0 Å². The maximum Gasteiger partial charge on any atom is 0.357 e. The lowest BCUT2D eigenvalue weighted by Crippen LogP contribution is -2.13. The number of primary amides is 1. The van der Waals surface area contributed by atoms with E-state index in [4.69, 9.17) is 10.3 Å². The van der Waals surface area contributed by atoms with Crippen molar-refractivity contribution < 1.29 is 17.7 Å². The predicted octanol–water partition coefficient (Wildman–Crippen LogP) is 0.230. The monoisotopic (exact) mass is 215 g/mol. The summed E-state index contributed by atoms with van der Waals surface area (Å²) in [6.07, 6.45) is 0.141. The zero-order valence-electron chi connectivity index (χ0n) is 7.17. The second-order valence-electron chi connectivity index (χ2n) is 2.59. The Morgan fingerprint density at radius 3 is 2.43 bits per heavy atom. The number of amides is 1. The summed E-state index contributed by atoms with van der Waals surface area (Å²) in [4.78, 5) is 10.5. The quantitative estimate of drug-likeness (QED) is 0.703. The lowest BCUT2D eigenvalue weighted by atomic mass is 10.1. The molecule has 1 atom stereocenters. The molecule has 0 aliphatic heterocycles. The highest BCUT2D eigenvalue weighted by Crippen LogP contribution is 2.12. The van der Waals surface area contributed by atoms with E-state index in [0.717, 1.165) is 5.56 Å². The summed E-state index contributed by atoms with van der Waals surface area (Å²) in [5.41, 5.74) is 5.71. The number of hydrogen-bond acceptors (Lipinski definition) is 3. The lowest BCUT2D eigenvalue weighted by molar-refractivity contribution is -0.117. The van der Waals surface area contributed by atoms with Gasteiger partial charge in [-0.2, -0.15) is 4.21 Å². The molecule has 0 saturated carbocycles. The van der Waals surface area contributed by atoms with Crippen LogP contribution in [0.1, 0.15) is 5.56 Å². The van der Waals surface area contributed by atoms with E-state index in [2.05, 4.69) is 4.18 Å². The molecule has 1 aromatic rings. The van der Waals surface area contributed by atoms with E-state index in [1.165, 1.54) is 12.1 Å². The van der Waals surface area contributed by atoms with Crippen molar-refractivity contribution in [3.8, 4) is 5.75 Å². The van der Waals surface area contributed by atoms with Crippen molar-refractivity contribution in [3.05, 3.63) is 29.8 Å². The summed E-state index contributed by atoms with van der Waals surface area (Å²) >= 11 is -2.33. The SMILES string of the molecule is NC(=O)Cc1ccc(OS(=O)O)cc1. The van der Waals surface area contributed by atoms with Gasteiger partial charge < -0.3 is 9.92 Å². The highest BCUT2D eigenvalue weighted by Gasteiger charge is 2.00. The Labute approximate surface area is 83.4 Å². The molecule has 1 unspecified atom stereocenters. The Hall–Kier alpha value is -1.40. The van der Waals surface area contributed by atoms with Crippen LogP contribution < -0.4 is 9.92 Å². The second kappa shape index (κ2) is 4.73. The maximum absolute atomic E-state index is 10.5. The van der Waals surface area contributed by atoms with Crippen LogP contribution in [0.4, 0.5) is 0 Å². The third-order valence-corrected chi connectivity index (χ3v) is 1.80. The topological polar surface area (TPSA) is 89.6 Å². The molecule has 0 aliphatic carbocycles.